The fourth-order valence-corrected chi connectivity index (χ4v) is 2.56. The lowest BCUT2D eigenvalue weighted by molar-refractivity contribution is -0.137. The molecule has 114 valence electrons. The molecule has 1 heterocycles. The van der Waals surface area contributed by atoms with Crippen LogP contribution in [0, 0.1) is 5.92 Å². The minimum absolute atomic E-state index is 0. The number of hydrogen-bond donors (Lipinski definition) is 1. The van der Waals surface area contributed by atoms with Gasteiger partial charge in [-0.1, -0.05) is 11.6 Å². The monoisotopic (exact) mass is 329 g/mol. The van der Waals surface area contributed by atoms with Crippen LogP contribution in [-0.2, 0) is 10.9 Å². The molecule has 0 spiro atoms. The highest BCUT2D eigenvalue weighted by Crippen LogP contribution is 2.35. The Bertz CT molecular complexity index is 448. The van der Waals surface area contributed by atoms with E-state index in [1.165, 1.54) is 6.07 Å². The maximum Gasteiger partial charge on any atom is 0.416 e. The zero-order valence-electron chi connectivity index (χ0n) is 10.6. The summed E-state index contributed by atoms with van der Waals surface area (Å²) in [5.74, 6) is 0.133. The van der Waals surface area contributed by atoms with Crippen molar-refractivity contribution >= 4 is 24.0 Å². The first-order valence-corrected chi connectivity index (χ1v) is 6.47. The molecule has 0 unspecified atom stereocenters. The first-order valence-electron chi connectivity index (χ1n) is 6.09. The molecule has 1 fully saturated rings. The molecule has 2 nitrogen and oxygen atoms in total. The molecule has 1 atom stereocenters. The molecule has 0 amide bonds. The predicted molar refractivity (Wildman–Crippen MR) is 74.2 cm³/mol. The largest absolute Gasteiger partial charge is 0.416 e. The zero-order valence-corrected chi connectivity index (χ0v) is 12.2. The summed E-state index contributed by atoms with van der Waals surface area (Å²) in [7, 11) is 0. The molecule has 0 bridgehead atoms. The van der Waals surface area contributed by atoms with Crippen LogP contribution in [0.2, 0.25) is 5.02 Å². The van der Waals surface area contributed by atoms with E-state index in [-0.39, 0.29) is 23.3 Å². The van der Waals surface area contributed by atoms with Crippen molar-refractivity contribution in [1.82, 2.24) is 0 Å². The molecule has 1 aliphatic rings. The predicted octanol–water partition coefficient (Wildman–Crippen LogP) is 4.21. The van der Waals surface area contributed by atoms with Crippen LogP contribution in [0.25, 0.3) is 0 Å². The molecule has 1 aromatic carbocycles. The van der Waals surface area contributed by atoms with Crippen LogP contribution in [0.5, 0.6) is 0 Å². The van der Waals surface area contributed by atoms with Crippen molar-refractivity contribution in [3.8, 4) is 0 Å². The van der Waals surface area contributed by atoms with E-state index < -0.39 is 17.8 Å². The van der Waals surface area contributed by atoms with Gasteiger partial charge in [0.05, 0.1) is 5.56 Å². The highest BCUT2D eigenvalue weighted by atomic mass is 35.5. The normalized spacial score (nSPS) is 18.4. The third kappa shape index (κ3) is 4.25. The van der Waals surface area contributed by atoms with E-state index in [9.17, 15) is 13.2 Å². The molecule has 20 heavy (non-hydrogen) atoms. The van der Waals surface area contributed by atoms with E-state index in [0.29, 0.717) is 18.8 Å². The summed E-state index contributed by atoms with van der Waals surface area (Å²) in [5, 5.41) is 0.0623. The Morgan fingerprint density at radius 3 is 2.35 bits per heavy atom. The topological polar surface area (TPSA) is 35.2 Å². The van der Waals surface area contributed by atoms with Gasteiger partial charge in [-0.2, -0.15) is 13.2 Å². The van der Waals surface area contributed by atoms with Crippen molar-refractivity contribution in [2.24, 2.45) is 11.7 Å². The lowest BCUT2D eigenvalue weighted by Crippen LogP contribution is -2.27. The molecule has 2 N–H and O–H groups in total. The number of halogens is 5. The number of hydrogen-bond acceptors (Lipinski definition) is 2. The summed E-state index contributed by atoms with van der Waals surface area (Å²) in [6, 6.07) is 3.08. The van der Waals surface area contributed by atoms with Crippen LogP contribution in [0.15, 0.2) is 18.2 Å². The van der Waals surface area contributed by atoms with Gasteiger partial charge in [0.15, 0.2) is 0 Å². The minimum Gasteiger partial charge on any atom is -0.381 e. The Kier molecular flexibility index (Phi) is 6.13. The van der Waals surface area contributed by atoms with Gasteiger partial charge in [0.25, 0.3) is 0 Å². The second-order valence-electron chi connectivity index (χ2n) is 4.75. The fraction of sp³-hybridized carbons (Fsp3) is 0.538. The van der Waals surface area contributed by atoms with Crippen molar-refractivity contribution in [3.63, 3.8) is 0 Å². The van der Waals surface area contributed by atoms with Crippen molar-refractivity contribution < 1.29 is 17.9 Å². The van der Waals surface area contributed by atoms with Crippen LogP contribution in [0.1, 0.15) is 30.0 Å². The Balaban J connectivity index is 0.00000200. The molecule has 2 rings (SSSR count). The third-order valence-electron chi connectivity index (χ3n) is 3.41. The van der Waals surface area contributed by atoms with E-state index in [0.717, 1.165) is 25.0 Å². The summed E-state index contributed by atoms with van der Waals surface area (Å²) < 4.78 is 43.4. The van der Waals surface area contributed by atoms with E-state index in [1.54, 1.807) is 0 Å². The number of alkyl halides is 3. The molecule has 1 saturated heterocycles. The van der Waals surface area contributed by atoms with E-state index in [2.05, 4.69) is 0 Å². The van der Waals surface area contributed by atoms with Gasteiger partial charge in [-0.05, 0) is 42.5 Å². The van der Waals surface area contributed by atoms with Crippen molar-refractivity contribution in [2.45, 2.75) is 25.1 Å². The first kappa shape index (κ1) is 17.6. The van der Waals surface area contributed by atoms with Crippen LogP contribution in [0.3, 0.4) is 0 Å². The fourth-order valence-electron chi connectivity index (χ4n) is 2.32. The maximum atomic E-state index is 12.7. The lowest BCUT2D eigenvalue weighted by Gasteiger charge is -2.28. The standard InChI is InChI=1S/C13H15ClF3NO.ClH/c14-11-6-9(5-10(7-11)13(15,16)17)12(18)8-1-3-19-4-2-8;/h5-8,12H,1-4,18H2;1H/t12-;/m0./s1. The van der Waals surface area contributed by atoms with Gasteiger partial charge in [0.1, 0.15) is 0 Å². The van der Waals surface area contributed by atoms with Crippen molar-refractivity contribution in [3.05, 3.63) is 34.3 Å². The average Bonchev–Trinajstić information content (AvgIpc) is 2.37. The molecule has 0 aromatic heterocycles. The van der Waals surface area contributed by atoms with Gasteiger partial charge < -0.3 is 10.5 Å². The van der Waals surface area contributed by atoms with Gasteiger partial charge >= 0.3 is 6.18 Å². The van der Waals surface area contributed by atoms with Gasteiger partial charge in [0.2, 0.25) is 0 Å². The first-order chi connectivity index (χ1) is 8.88. The lowest BCUT2D eigenvalue weighted by atomic mass is 9.87. The van der Waals surface area contributed by atoms with Crippen LogP contribution < -0.4 is 5.73 Å². The molecule has 1 aromatic rings. The average molecular weight is 330 g/mol. The van der Waals surface area contributed by atoms with Gasteiger partial charge in [0, 0.05) is 24.3 Å². The maximum absolute atomic E-state index is 12.7. The number of nitrogens with two attached hydrogens (primary N) is 1. The highest BCUT2D eigenvalue weighted by molar-refractivity contribution is 6.30. The highest BCUT2D eigenvalue weighted by Gasteiger charge is 2.32. The van der Waals surface area contributed by atoms with E-state index in [4.69, 9.17) is 22.1 Å². The van der Waals surface area contributed by atoms with Crippen molar-refractivity contribution in [1.29, 1.82) is 0 Å². The number of benzene rings is 1. The van der Waals surface area contributed by atoms with Crippen molar-refractivity contribution in [2.75, 3.05) is 13.2 Å². The number of ether oxygens (including phenoxy) is 1. The smallest absolute Gasteiger partial charge is 0.381 e. The Morgan fingerprint density at radius 1 is 1.20 bits per heavy atom. The SMILES string of the molecule is Cl.N[C@H](c1cc(Cl)cc(C(F)(F)F)c1)C1CCOCC1. The summed E-state index contributed by atoms with van der Waals surface area (Å²) in [6.45, 7) is 1.20. The minimum atomic E-state index is -4.41. The Morgan fingerprint density at radius 2 is 1.80 bits per heavy atom. The second-order valence-corrected chi connectivity index (χ2v) is 5.18. The molecular weight excluding hydrogens is 314 g/mol. The van der Waals surface area contributed by atoms with E-state index >= 15 is 0 Å². The Labute approximate surface area is 126 Å². The Hall–Kier alpha value is -0.490. The van der Waals surface area contributed by atoms with Gasteiger partial charge in [-0.3, -0.25) is 0 Å². The molecular formula is C13H16Cl2F3NO. The number of rotatable bonds is 2. The third-order valence-corrected chi connectivity index (χ3v) is 3.62. The molecule has 0 saturated carbocycles. The summed E-state index contributed by atoms with van der Waals surface area (Å²) in [5.41, 5.74) is 5.75. The summed E-state index contributed by atoms with van der Waals surface area (Å²) in [6.07, 6.45) is -2.89. The van der Waals surface area contributed by atoms with Crippen LogP contribution >= 0.6 is 24.0 Å². The molecule has 0 aliphatic carbocycles. The second kappa shape index (κ2) is 6.98. The zero-order chi connectivity index (χ0) is 14.0. The molecule has 0 radical (unpaired) electrons. The summed E-state index contributed by atoms with van der Waals surface area (Å²) in [4.78, 5) is 0. The van der Waals surface area contributed by atoms with Gasteiger partial charge in [-0.25, -0.2) is 0 Å². The van der Waals surface area contributed by atoms with Gasteiger partial charge in [-0.15, -0.1) is 12.4 Å². The molecule has 7 heteroatoms. The molecule has 1 aliphatic heterocycles. The quantitative estimate of drug-likeness (QED) is 0.882. The van der Waals surface area contributed by atoms with Crippen LogP contribution in [-0.4, -0.2) is 13.2 Å². The summed E-state index contributed by atoms with van der Waals surface area (Å²) >= 11 is 5.76. The van der Waals surface area contributed by atoms with Crippen LogP contribution in [0.4, 0.5) is 13.2 Å². The van der Waals surface area contributed by atoms with E-state index in [1.807, 2.05) is 0 Å².